The Morgan fingerprint density at radius 3 is 2.47 bits per heavy atom. The van der Waals surface area contributed by atoms with E-state index in [2.05, 4.69) is 10.6 Å². The van der Waals surface area contributed by atoms with Crippen LogP contribution in [-0.2, 0) is 14.4 Å². The molecule has 17 heavy (non-hydrogen) atoms. The third-order valence-electron chi connectivity index (χ3n) is 3.27. The molecule has 2 aliphatic rings. The van der Waals surface area contributed by atoms with Crippen LogP contribution in [0, 0.1) is 5.41 Å². The van der Waals surface area contributed by atoms with Crippen LogP contribution in [-0.4, -0.2) is 41.7 Å². The van der Waals surface area contributed by atoms with E-state index in [1.165, 1.54) is 14.0 Å². The number of likely N-dealkylation sites (N-methyl/N-ethyl adjacent to an activating group) is 1. The van der Waals surface area contributed by atoms with Gasteiger partial charge in [-0.05, 0) is 19.8 Å². The van der Waals surface area contributed by atoms with Crippen molar-refractivity contribution in [2.75, 3.05) is 7.05 Å². The van der Waals surface area contributed by atoms with Gasteiger partial charge in [-0.15, -0.1) is 0 Å². The molecule has 1 saturated heterocycles. The van der Waals surface area contributed by atoms with Crippen molar-refractivity contribution in [1.29, 1.82) is 0 Å². The van der Waals surface area contributed by atoms with Gasteiger partial charge in [0.25, 0.3) is 0 Å². The maximum absolute atomic E-state index is 12.1. The molecular weight excluding hydrogens is 226 g/mol. The van der Waals surface area contributed by atoms with Gasteiger partial charge in [0.05, 0.1) is 0 Å². The van der Waals surface area contributed by atoms with Crippen LogP contribution in [0.4, 0.5) is 4.79 Å². The number of nitrogens with one attached hydrogen (secondary N) is 2. The van der Waals surface area contributed by atoms with Crippen molar-refractivity contribution in [2.45, 2.75) is 25.8 Å². The molecule has 7 nitrogen and oxygen atoms in total. The molecule has 0 aromatic rings. The van der Waals surface area contributed by atoms with Crippen LogP contribution in [0.2, 0.25) is 0 Å². The molecule has 1 heterocycles. The minimum absolute atomic E-state index is 0.432. The molecule has 1 saturated carbocycles. The SMILES string of the molecule is CNC(=O)C(C)N1C(=O)NC(=O)C2(CC2)C1=O. The molecule has 2 fully saturated rings. The number of rotatable bonds is 2. The summed E-state index contributed by atoms with van der Waals surface area (Å²) in [4.78, 5) is 47.4. The Morgan fingerprint density at radius 2 is 2.00 bits per heavy atom. The second-order valence-electron chi connectivity index (χ2n) is 4.31. The molecule has 1 unspecified atom stereocenters. The van der Waals surface area contributed by atoms with Gasteiger partial charge in [-0.3, -0.25) is 24.6 Å². The van der Waals surface area contributed by atoms with Gasteiger partial charge in [0, 0.05) is 7.05 Å². The van der Waals surface area contributed by atoms with E-state index < -0.39 is 35.2 Å². The topological polar surface area (TPSA) is 95.6 Å². The lowest BCUT2D eigenvalue weighted by atomic mass is 10.0. The summed E-state index contributed by atoms with van der Waals surface area (Å²) in [6, 6.07) is -1.74. The molecule has 2 N–H and O–H groups in total. The van der Waals surface area contributed by atoms with E-state index in [9.17, 15) is 19.2 Å². The average Bonchev–Trinajstić information content (AvgIpc) is 3.07. The van der Waals surface area contributed by atoms with Gasteiger partial charge in [0.1, 0.15) is 11.5 Å². The lowest BCUT2D eigenvalue weighted by molar-refractivity contribution is -0.148. The van der Waals surface area contributed by atoms with Crippen LogP contribution >= 0.6 is 0 Å². The maximum Gasteiger partial charge on any atom is 0.331 e. The predicted molar refractivity (Wildman–Crippen MR) is 55.6 cm³/mol. The van der Waals surface area contributed by atoms with E-state index in [0.29, 0.717) is 12.8 Å². The van der Waals surface area contributed by atoms with Crippen LogP contribution in [0.25, 0.3) is 0 Å². The van der Waals surface area contributed by atoms with E-state index in [1.807, 2.05) is 0 Å². The molecule has 1 aliphatic carbocycles. The van der Waals surface area contributed by atoms with Gasteiger partial charge in [0.2, 0.25) is 17.7 Å². The fraction of sp³-hybridized carbons (Fsp3) is 0.600. The number of amides is 5. The second kappa shape index (κ2) is 3.54. The number of barbiturate groups is 1. The molecule has 5 amide bonds. The zero-order valence-corrected chi connectivity index (χ0v) is 9.57. The van der Waals surface area contributed by atoms with Crippen molar-refractivity contribution >= 4 is 23.8 Å². The predicted octanol–water partition coefficient (Wildman–Crippen LogP) is -1.02. The number of imide groups is 2. The minimum atomic E-state index is -1.10. The minimum Gasteiger partial charge on any atom is -0.357 e. The Kier molecular flexibility index (Phi) is 2.41. The number of nitrogens with zero attached hydrogens (tertiary/aromatic N) is 1. The summed E-state index contributed by atoms with van der Waals surface area (Å²) in [5, 5.41) is 4.48. The first-order valence-electron chi connectivity index (χ1n) is 5.35. The Morgan fingerprint density at radius 1 is 1.41 bits per heavy atom. The molecule has 1 spiro atoms. The highest BCUT2D eigenvalue weighted by Crippen LogP contribution is 2.49. The molecule has 1 aliphatic heterocycles. The highest BCUT2D eigenvalue weighted by Gasteiger charge is 2.63. The zero-order chi connectivity index (χ0) is 12.8. The Bertz CT molecular complexity index is 427. The van der Waals surface area contributed by atoms with Gasteiger partial charge in [-0.25, -0.2) is 4.79 Å². The van der Waals surface area contributed by atoms with Crippen molar-refractivity contribution < 1.29 is 19.2 Å². The quantitative estimate of drug-likeness (QED) is 0.603. The summed E-state index contributed by atoms with van der Waals surface area (Å²) in [5.74, 6) is -1.56. The maximum atomic E-state index is 12.1. The lowest BCUT2D eigenvalue weighted by Gasteiger charge is -2.33. The fourth-order valence-electron chi connectivity index (χ4n) is 1.94. The molecule has 0 aromatic heterocycles. The normalized spacial score (nSPS) is 23.4. The summed E-state index contributed by atoms with van der Waals surface area (Å²) in [7, 11) is 1.42. The van der Waals surface area contributed by atoms with E-state index >= 15 is 0 Å². The van der Waals surface area contributed by atoms with Crippen molar-refractivity contribution in [3.63, 3.8) is 0 Å². The van der Waals surface area contributed by atoms with Crippen molar-refractivity contribution in [2.24, 2.45) is 5.41 Å². The molecule has 92 valence electrons. The summed E-state index contributed by atoms with van der Waals surface area (Å²) in [5.41, 5.74) is -1.10. The first-order valence-corrected chi connectivity index (χ1v) is 5.35. The number of carbonyl (C=O) groups excluding carboxylic acids is 4. The number of urea groups is 1. The van der Waals surface area contributed by atoms with Gasteiger partial charge in [-0.1, -0.05) is 0 Å². The van der Waals surface area contributed by atoms with Crippen molar-refractivity contribution in [3.8, 4) is 0 Å². The Balaban J connectivity index is 2.28. The molecule has 2 rings (SSSR count). The Hall–Kier alpha value is -1.92. The molecule has 7 heteroatoms. The second-order valence-corrected chi connectivity index (χ2v) is 4.31. The number of hydrogen-bond acceptors (Lipinski definition) is 4. The third-order valence-corrected chi connectivity index (χ3v) is 3.27. The van der Waals surface area contributed by atoms with E-state index in [4.69, 9.17) is 0 Å². The van der Waals surface area contributed by atoms with Crippen LogP contribution in [0.3, 0.4) is 0 Å². The van der Waals surface area contributed by atoms with Gasteiger partial charge in [0.15, 0.2) is 0 Å². The van der Waals surface area contributed by atoms with Crippen LogP contribution in [0.15, 0.2) is 0 Å². The van der Waals surface area contributed by atoms with E-state index in [0.717, 1.165) is 4.90 Å². The number of carbonyl (C=O) groups is 4. The fourth-order valence-corrected chi connectivity index (χ4v) is 1.94. The summed E-state index contributed by atoms with van der Waals surface area (Å²) in [6.07, 6.45) is 0.865. The van der Waals surface area contributed by atoms with E-state index in [-0.39, 0.29) is 0 Å². The van der Waals surface area contributed by atoms with Gasteiger partial charge < -0.3 is 5.32 Å². The largest absolute Gasteiger partial charge is 0.357 e. The van der Waals surface area contributed by atoms with Crippen molar-refractivity contribution in [3.05, 3.63) is 0 Å². The van der Waals surface area contributed by atoms with Crippen LogP contribution in [0.1, 0.15) is 19.8 Å². The third kappa shape index (κ3) is 1.49. The van der Waals surface area contributed by atoms with E-state index in [1.54, 1.807) is 0 Å². The highest BCUT2D eigenvalue weighted by atomic mass is 16.2. The lowest BCUT2D eigenvalue weighted by Crippen LogP contribution is -2.63. The first-order chi connectivity index (χ1) is 7.94. The monoisotopic (exact) mass is 239 g/mol. The molecule has 1 atom stereocenters. The molecular formula is C10H13N3O4. The molecule has 0 bridgehead atoms. The van der Waals surface area contributed by atoms with Gasteiger partial charge >= 0.3 is 6.03 Å². The molecule has 0 radical (unpaired) electrons. The van der Waals surface area contributed by atoms with Crippen LogP contribution in [0.5, 0.6) is 0 Å². The van der Waals surface area contributed by atoms with Gasteiger partial charge in [-0.2, -0.15) is 0 Å². The standard InChI is InChI=1S/C10H13N3O4/c1-5(6(14)11-2)13-8(16)10(3-4-10)7(15)12-9(13)17/h5H,3-4H2,1-2H3,(H,11,14)(H,12,15,17). The molecule has 0 aromatic carbocycles. The summed E-state index contributed by atoms with van der Waals surface area (Å²) in [6.45, 7) is 1.45. The Labute approximate surface area is 97.5 Å². The smallest absolute Gasteiger partial charge is 0.331 e. The number of hydrogen-bond donors (Lipinski definition) is 2. The zero-order valence-electron chi connectivity index (χ0n) is 9.57. The summed E-state index contributed by atoms with van der Waals surface area (Å²) < 4.78 is 0. The first kappa shape index (κ1) is 11.6. The van der Waals surface area contributed by atoms with Crippen molar-refractivity contribution in [1.82, 2.24) is 15.5 Å². The average molecular weight is 239 g/mol. The van der Waals surface area contributed by atoms with Crippen LogP contribution < -0.4 is 10.6 Å². The summed E-state index contributed by atoms with van der Waals surface area (Å²) >= 11 is 0. The highest BCUT2D eigenvalue weighted by molar-refractivity contribution is 6.21.